The van der Waals surface area contributed by atoms with Crippen molar-refractivity contribution in [1.82, 2.24) is 0 Å². The van der Waals surface area contributed by atoms with Crippen molar-refractivity contribution >= 4 is 49.9 Å². The summed E-state index contributed by atoms with van der Waals surface area (Å²) in [5.41, 5.74) is 1.63. The average Bonchev–Trinajstić information content (AvgIpc) is 2.10. The first-order valence-electron chi connectivity index (χ1n) is 5.76. The second-order valence-electron chi connectivity index (χ2n) is 5.21. The van der Waals surface area contributed by atoms with Crippen molar-refractivity contribution in [3.8, 4) is 0 Å². The molecule has 0 atom stereocenters. The van der Waals surface area contributed by atoms with E-state index in [2.05, 4.69) is 79.0 Å². The minimum atomic E-state index is -1.82. The molecule has 0 fully saturated rings. The molecule has 0 amide bonds. The Morgan fingerprint density at radius 3 is 1.38 bits per heavy atom. The van der Waals surface area contributed by atoms with Crippen LogP contribution in [0.25, 0.3) is 0 Å². The maximum absolute atomic E-state index is 11.3. The largest absolute Gasteiger partial charge is 0.332 e. The third-order valence-corrected chi connectivity index (χ3v) is 12.5. The monoisotopic (exact) mass is 366 g/mol. The lowest BCUT2D eigenvalue weighted by Crippen LogP contribution is -2.49. The number of hydrogen-bond acceptors (Lipinski definition) is 1. The van der Waals surface area contributed by atoms with Crippen LogP contribution in [0.2, 0.25) is 16.6 Å². The molecular formula is C11H21BBr2OSi. The molecule has 0 aromatic rings. The molecular weight excluding hydrogens is 347 g/mol. The van der Waals surface area contributed by atoms with Crippen molar-refractivity contribution in [2.45, 2.75) is 58.2 Å². The van der Waals surface area contributed by atoms with E-state index < -0.39 is 8.07 Å². The fraction of sp³-hybridized carbons (Fsp3) is 0.818. The molecule has 0 saturated heterocycles. The molecule has 0 aliphatic heterocycles. The van der Waals surface area contributed by atoms with Crippen molar-refractivity contribution in [3.63, 3.8) is 0 Å². The summed E-state index contributed by atoms with van der Waals surface area (Å²) in [6.45, 7) is 13.5. The van der Waals surface area contributed by atoms with Crippen molar-refractivity contribution in [3.05, 3.63) is 5.10 Å². The summed E-state index contributed by atoms with van der Waals surface area (Å²) in [4.78, 5) is 11.3. The first kappa shape index (κ1) is 16.7. The highest BCUT2D eigenvalue weighted by Crippen LogP contribution is 2.47. The van der Waals surface area contributed by atoms with E-state index in [4.69, 9.17) is 0 Å². The Hall–Kier alpha value is 0.692. The molecule has 0 aromatic heterocycles. The molecule has 5 heteroatoms. The van der Waals surface area contributed by atoms with Crippen LogP contribution in [0.4, 0.5) is 0 Å². The Labute approximate surface area is 117 Å². The Bertz CT molecular complexity index is 262. The third-order valence-electron chi connectivity index (χ3n) is 3.66. The molecule has 0 N–H and O–H groups in total. The molecule has 1 nitrogen and oxygen atoms in total. The highest BCUT2D eigenvalue weighted by molar-refractivity contribution is 9.49. The molecule has 0 aliphatic carbocycles. The molecule has 0 radical (unpaired) electrons. The van der Waals surface area contributed by atoms with Gasteiger partial charge in [-0.15, -0.1) is 31.5 Å². The van der Waals surface area contributed by atoms with Gasteiger partial charge in [0.15, 0.2) is 0 Å². The van der Waals surface area contributed by atoms with Crippen LogP contribution in [0, 0.1) is 0 Å². The zero-order valence-electron chi connectivity index (χ0n) is 11.0. The lowest BCUT2D eigenvalue weighted by Gasteiger charge is -2.44. The van der Waals surface area contributed by atoms with Gasteiger partial charge < -0.3 is 0 Å². The van der Waals surface area contributed by atoms with Gasteiger partial charge in [-0.05, 0) is 21.7 Å². The Balaban J connectivity index is 5.80. The lowest BCUT2D eigenvalue weighted by atomic mass is 10.1. The van der Waals surface area contributed by atoms with Crippen LogP contribution < -0.4 is 0 Å². The van der Waals surface area contributed by atoms with Gasteiger partial charge in [-0.2, -0.15) is 0 Å². The van der Waals surface area contributed by atoms with Crippen LogP contribution in [0.5, 0.6) is 0 Å². The van der Waals surface area contributed by atoms with E-state index in [1.54, 1.807) is 0 Å². The summed E-state index contributed by atoms with van der Waals surface area (Å²) in [6, 6.07) is 0. The summed E-state index contributed by atoms with van der Waals surface area (Å²) >= 11 is 6.99. The first-order chi connectivity index (χ1) is 7.22. The van der Waals surface area contributed by atoms with E-state index >= 15 is 0 Å². The van der Waals surface area contributed by atoms with Gasteiger partial charge in [-0.25, -0.2) is 4.79 Å². The van der Waals surface area contributed by atoms with Crippen LogP contribution in [0.1, 0.15) is 41.5 Å². The number of carbonyl (C=O) groups excluding carboxylic acids is 1. The predicted molar refractivity (Wildman–Crippen MR) is 83.9 cm³/mol. The molecule has 0 bridgehead atoms. The van der Waals surface area contributed by atoms with E-state index in [1.807, 2.05) is 0 Å². The number of hydrogen-bond donors (Lipinski definition) is 0. The van der Waals surface area contributed by atoms with Gasteiger partial charge in [-0.3, -0.25) is 0 Å². The number of halogens is 2. The molecule has 0 aromatic carbocycles. The summed E-state index contributed by atoms with van der Waals surface area (Å²) in [5, 5.41) is 0.938. The van der Waals surface area contributed by atoms with E-state index in [1.165, 1.54) is 0 Å². The molecule has 0 unspecified atom stereocenters. The van der Waals surface area contributed by atoms with Crippen LogP contribution in [0.15, 0.2) is 5.10 Å². The maximum Gasteiger partial charge on any atom is 0.332 e. The van der Waals surface area contributed by atoms with Crippen molar-refractivity contribution < 1.29 is 4.79 Å². The zero-order chi connectivity index (χ0) is 13.1. The van der Waals surface area contributed by atoms with Gasteiger partial charge in [0.2, 0.25) is 0 Å². The fourth-order valence-corrected chi connectivity index (χ4v) is 12.2. The van der Waals surface area contributed by atoms with Crippen LogP contribution >= 0.6 is 31.5 Å². The van der Waals surface area contributed by atoms with Crippen molar-refractivity contribution in [1.29, 1.82) is 0 Å². The number of rotatable bonds is 5. The van der Waals surface area contributed by atoms with E-state index in [9.17, 15) is 4.79 Å². The highest BCUT2D eigenvalue weighted by atomic mass is 79.9. The smallest absolute Gasteiger partial charge is 0.235 e. The summed E-state index contributed by atoms with van der Waals surface area (Å²) in [7, 11) is -1.82. The first-order valence-corrected chi connectivity index (χ1v) is 9.82. The second-order valence-corrected chi connectivity index (χ2v) is 14.1. The van der Waals surface area contributed by atoms with E-state index in [-0.39, 0.29) is 4.36 Å². The standard InChI is InChI=1S/C11H21BBr2OSi/c1-8(2)16(9(3)4,10(5)6)11(7-15)12(13)14/h8-10H,1-6H3. The molecule has 92 valence electrons. The van der Waals surface area contributed by atoms with E-state index in [0.29, 0.717) is 16.6 Å². The quantitative estimate of drug-likeness (QED) is 0.504. The Kier molecular flexibility index (Phi) is 6.86. The molecule has 16 heavy (non-hydrogen) atoms. The van der Waals surface area contributed by atoms with Crippen LogP contribution in [0.3, 0.4) is 0 Å². The molecule has 0 aliphatic rings. The van der Waals surface area contributed by atoms with E-state index in [0.717, 1.165) is 5.10 Å². The van der Waals surface area contributed by atoms with Crippen LogP contribution in [-0.4, -0.2) is 18.4 Å². The molecule has 0 spiro atoms. The van der Waals surface area contributed by atoms with Crippen molar-refractivity contribution in [2.24, 2.45) is 0 Å². The summed E-state index contributed by atoms with van der Waals surface area (Å²) < 4.78 is -0.0311. The van der Waals surface area contributed by atoms with Gasteiger partial charge >= 0.3 is 4.36 Å². The highest BCUT2D eigenvalue weighted by Gasteiger charge is 2.48. The fourth-order valence-electron chi connectivity index (χ4n) is 3.25. The second kappa shape index (κ2) is 6.58. The normalized spacial score (nSPS) is 12.2. The Morgan fingerprint density at radius 1 is 1.00 bits per heavy atom. The van der Waals surface area contributed by atoms with Gasteiger partial charge in [0.1, 0.15) is 5.94 Å². The minimum absolute atomic E-state index is 0.0311. The molecule has 0 rings (SSSR count). The van der Waals surface area contributed by atoms with Crippen LogP contribution in [-0.2, 0) is 4.79 Å². The predicted octanol–water partition coefficient (Wildman–Crippen LogP) is 4.78. The summed E-state index contributed by atoms with van der Waals surface area (Å²) in [6.07, 6.45) is 0. The van der Waals surface area contributed by atoms with Crippen molar-refractivity contribution in [2.75, 3.05) is 0 Å². The van der Waals surface area contributed by atoms with Gasteiger partial charge in [0.25, 0.3) is 0 Å². The van der Waals surface area contributed by atoms with Gasteiger partial charge in [0, 0.05) is 0 Å². The molecule has 0 heterocycles. The summed E-state index contributed by atoms with van der Waals surface area (Å²) in [5.74, 6) is 2.22. The maximum atomic E-state index is 11.3. The van der Waals surface area contributed by atoms with Gasteiger partial charge in [-0.1, -0.05) is 41.5 Å². The zero-order valence-corrected chi connectivity index (χ0v) is 15.1. The average molecular weight is 368 g/mol. The Morgan fingerprint density at radius 2 is 1.31 bits per heavy atom. The van der Waals surface area contributed by atoms with Gasteiger partial charge in [0.05, 0.1) is 8.07 Å². The SMILES string of the molecule is CC(C)[Si](C(=C=O)B(Br)Br)(C(C)C)C(C)C. The third kappa shape index (κ3) is 2.92. The minimum Gasteiger partial charge on any atom is -0.235 e. The molecule has 0 saturated carbocycles. The lowest BCUT2D eigenvalue weighted by molar-refractivity contribution is 0.568. The topological polar surface area (TPSA) is 17.1 Å².